The summed E-state index contributed by atoms with van der Waals surface area (Å²) in [6.07, 6.45) is 2.36. The fraction of sp³-hybridized carbons (Fsp3) is 0.111. The van der Waals surface area contributed by atoms with Crippen LogP contribution >= 0.6 is 22.9 Å². The summed E-state index contributed by atoms with van der Waals surface area (Å²) in [5.41, 5.74) is 2.09. The van der Waals surface area contributed by atoms with E-state index in [0.29, 0.717) is 32.3 Å². The normalized spacial score (nSPS) is 11.4. The zero-order valence-electron chi connectivity index (χ0n) is 8.14. The van der Waals surface area contributed by atoms with E-state index in [-0.39, 0.29) is 0 Å². The van der Waals surface area contributed by atoms with Crippen molar-refractivity contribution in [1.29, 1.82) is 0 Å². The lowest BCUT2D eigenvalue weighted by Crippen LogP contribution is -1.87. The van der Waals surface area contributed by atoms with Gasteiger partial charge in [0.2, 0.25) is 0 Å². The number of pyridine rings is 1. The third kappa shape index (κ3) is 1.17. The maximum Gasteiger partial charge on any atom is 0.178 e. The van der Waals surface area contributed by atoms with Gasteiger partial charge in [0.15, 0.2) is 16.4 Å². The summed E-state index contributed by atoms with van der Waals surface area (Å²) in [6, 6.07) is 0. The lowest BCUT2D eigenvalue weighted by molar-refractivity contribution is 0.112. The van der Waals surface area contributed by atoms with Gasteiger partial charge in [-0.3, -0.25) is 4.79 Å². The minimum Gasteiger partial charge on any atom is -0.332 e. The van der Waals surface area contributed by atoms with E-state index in [2.05, 4.69) is 15.0 Å². The average Bonchev–Trinajstić information content (AvgIpc) is 2.82. The topological polar surface area (TPSA) is 60.7 Å². The molecular formula is C9H5ClN4OS. The van der Waals surface area contributed by atoms with E-state index < -0.39 is 0 Å². The first-order valence-electron chi connectivity index (χ1n) is 4.43. The van der Waals surface area contributed by atoms with Crippen molar-refractivity contribution in [2.24, 2.45) is 7.05 Å². The summed E-state index contributed by atoms with van der Waals surface area (Å²) >= 11 is 7.23. The van der Waals surface area contributed by atoms with Crippen molar-refractivity contribution in [3.8, 4) is 0 Å². The van der Waals surface area contributed by atoms with Crippen LogP contribution < -0.4 is 0 Å². The number of rotatable bonds is 1. The molecule has 0 unspecified atom stereocenters. The Balaban J connectivity index is 2.59. The molecule has 0 aliphatic carbocycles. The highest BCUT2D eigenvalue weighted by molar-refractivity contribution is 7.19. The van der Waals surface area contributed by atoms with Crippen LogP contribution in [0.2, 0.25) is 5.15 Å². The zero-order valence-corrected chi connectivity index (χ0v) is 9.71. The molecule has 0 aliphatic heterocycles. The van der Waals surface area contributed by atoms with E-state index in [4.69, 9.17) is 11.6 Å². The molecule has 0 aromatic carbocycles. The average molecular weight is 253 g/mol. The van der Waals surface area contributed by atoms with Gasteiger partial charge in [-0.2, -0.15) is 0 Å². The predicted octanol–water partition coefficient (Wildman–Crippen LogP) is 2.04. The predicted molar refractivity (Wildman–Crippen MR) is 62.1 cm³/mol. The summed E-state index contributed by atoms with van der Waals surface area (Å²) in [5, 5.41) is 0.733. The van der Waals surface area contributed by atoms with Crippen LogP contribution in [0.1, 0.15) is 9.80 Å². The molecule has 7 heteroatoms. The molecule has 0 fully saturated rings. The van der Waals surface area contributed by atoms with Gasteiger partial charge in [-0.15, -0.1) is 0 Å². The molecule has 0 saturated heterocycles. The highest BCUT2D eigenvalue weighted by atomic mass is 35.5. The molecule has 0 radical (unpaired) electrons. The summed E-state index contributed by atoms with van der Waals surface area (Å²) in [5.74, 6) is 0. The van der Waals surface area contributed by atoms with E-state index in [1.807, 2.05) is 11.6 Å². The van der Waals surface area contributed by atoms with E-state index in [1.54, 1.807) is 6.33 Å². The highest BCUT2D eigenvalue weighted by Crippen LogP contribution is 2.30. The molecule has 80 valence electrons. The molecular weight excluding hydrogens is 248 g/mol. The number of carbonyl (C=O) groups is 1. The smallest absolute Gasteiger partial charge is 0.178 e. The van der Waals surface area contributed by atoms with Crippen molar-refractivity contribution in [2.45, 2.75) is 0 Å². The molecule has 0 atom stereocenters. The number of aldehydes is 1. The first kappa shape index (κ1) is 9.68. The molecule has 3 heterocycles. The Labute approximate surface area is 98.7 Å². The van der Waals surface area contributed by atoms with Crippen molar-refractivity contribution in [3.63, 3.8) is 0 Å². The van der Waals surface area contributed by atoms with Crippen molar-refractivity contribution < 1.29 is 4.79 Å². The van der Waals surface area contributed by atoms with Gasteiger partial charge in [-0.05, 0) is 0 Å². The third-order valence-corrected chi connectivity index (χ3v) is 3.42. The van der Waals surface area contributed by atoms with Crippen LogP contribution in [0.4, 0.5) is 0 Å². The Morgan fingerprint density at radius 1 is 1.44 bits per heavy atom. The maximum atomic E-state index is 10.7. The first-order chi connectivity index (χ1) is 7.70. The van der Waals surface area contributed by atoms with Crippen molar-refractivity contribution in [3.05, 3.63) is 16.5 Å². The third-order valence-electron chi connectivity index (χ3n) is 2.28. The van der Waals surface area contributed by atoms with E-state index in [0.717, 1.165) is 5.52 Å². The number of aryl methyl sites for hydroxylation is 1. The fourth-order valence-corrected chi connectivity index (χ4v) is 2.64. The second-order valence-electron chi connectivity index (χ2n) is 3.28. The molecule has 0 amide bonds. The molecule has 0 spiro atoms. The Kier molecular flexibility index (Phi) is 1.95. The van der Waals surface area contributed by atoms with E-state index in [9.17, 15) is 4.79 Å². The maximum absolute atomic E-state index is 10.7. The SMILES string of the molecule is Cn1cnc2c(Cl)nc3sc(C=O)nc3c21. The van der Waals surface area contributed by atoms with Crippen LogP contribution in [0.25, 0.3) is 21.4 Å². The van der Waals surface area contributed by atoms with Crippen LogP contribution in [0.5, 0.6) is 0 Å². The van der Waals surface area contributed by atoms with Gasteiger partial charge in [-0.1, -0.05) is 22.9 Å². The van der Waals surface area contributed by atoms with Crippen molar-refractivity contribution >= 4 is 50.6 Å². The number of halogens is 1. The Bertz CT molecular complexity index is 717. The number of carbonyl (C=O) groups excluding carboxylic acids is 1. The number of thiazole rings is 1. The van der Waals surface area contributed by atoms with Crippen LogP contribution in [-0.2, 0) is 7.05 Å². The minimum atomic E-state index is 0.337. The van der Waals surface area contributed by atoms with Gasteiger partial charge in [0.25, 0.3) is 0 Å². The molecule has 0 N–H and O–H groups in total. The fourth-order valence-electron chi connectivity index (χ4n) is 1.61. The Morgan fingerprint density at radius 2 is 2.25 bits per heavy atom. The van der Waals surface area contributed by atoms with E-state index >= 15 is 0 Å². The molecule has 16 heavy (non-hydrogen) atoms. The summed E-state index contributed by atoms with van der Waals surface area (Å²) < 4.78 is 1.82. The largest absolute Gasteiger partial charge is 0.332 e. The van der Waals surface area contributed by atoms with Crippen LogP contribution in [-0.4, -0.2) is 25.8 Å². The number of aromatic nitrogens is 4. The molecule has 0 bridgehead atoms. The van der Waals surface area contributed by atoms with Gasteiger partial charge < -0.3 is 4.57 Å². The van der Waals surface area contributed by atoms with Gasteiger partial charge >= 0.3 is 0 Å². The molecule has 3 aromatic heterocycles. The van der Waals surface area contributed by atoms with Crippen molar-refractivity contribution in [2.75, 3.05) is 0 Å². The second kappa shape index (κ2) is 3.23. The summed E-state index contributed by atoms with van der Waals surface area (Å²) in [7, 11) is 1.85. The second-order valence-corrected chi connectivity index (χ2v) is 4.65. The monoisotopic (exact) mass is 252 g/mol. The zero-order chi connectivity index (χ0) is 11.3. The molecule has 3 aromatic rings. The summed E-state index contributed by atoms with van der Waals surface area (Å²) in [6.45, 7) is 0. The van der Waals surface area contributed by atoms with Gasteiger partial charge in [0.05, 0.1) is 6.33 Å². The van der Waals surface area contributed by atoms with Crippen LogP contribution in [0.15, 0.2) is 6.33 Å². The Hall–Kier alpha value is -1.53. The lowest BCUT2D eigenvalue weighted by atomic mass is 10.4. The quantitative estimate of drug-likeness (QED) is 0.491. The van der Waals surface area contributed by atoms with Gasteiger partial charge in [-0.25, -0.2) is 15.0 Å². The number of fused-ring (bicyclic) bond motifs is 3. The summed E-state index contributed by atoms with van der Waals surface area (Å²) in [4.78, 5) is 23.9. The lowest BCUT2D eigenvalue weighted by Gasteiger charge is -1.96. The van der Waals surface area contributed by atoms with E-state index in [1.165, 1.54) is 11.3 Å². The van der Waals surface area contributed by atoms with Crippen molar-refractivity contribution in [1.82, 2.24) is 19.5 Å². The number of hydrogen-bond donors (Lipinski definition) is 0. The minimum absolute atomic E-state index is 0.337. The standard InChI is InChI=1S/C9H5ClN4OS/c1-14-3-11-5-7(14)6-9(13-8(5)10)16-4(2-15)12-6/h2-3H,1H3. The van der Waals surface area contributed by atoms with Gasteiger partial charge in [0.1, 0.15) is 21.4 Å². The van der Waals surface area contributed by atoms with Crippen LogP contribution in [0.3, 0.4) is 0 Å². The molecule has 0 saturated carbocycles. The number of hydrogen-bond acceptors (Lipinski definition) is 5. The van der Waals surface area contributed by atoms with Crippen LogP contribution in [0, 0.1) is 0 Å². The molecule has 3 rings (SSSR count). The molecule has 0 aliphatic rings. The molecule has 5 nitrogen and oxygen atoms in total. The highest BCUT2D eigenvalue weighted by Gasteiger charge is 2.15. The van der Waals surface area contributed by atoms with Gasteiger partial charge in [0, 0.05) is 7.05 Å². The number of nitrogens with zero attached hydrogens (tertiary/aromatic N) is 4. The Morgan fingerprint density at radius 3 is 3.00 bits per heavy atom. The first-order valence-corrected chi connectivity index (χ1v) is 5.62. The number of imidazole rings is 1.